The summed E-state index contributed by atoms with van der Waals surface area (Å²) in [6.45, 7) is 7.79. The summed E-state index contributed by atoms with van der Waals surface area (Å²) in [5, 5.41) is 3.71. The summed E-state index contributed by atoms with van der Waals surface area (Å²) in [7, 11) is 0. The van der Waals surface area contributed by atoms with Gasteiger partial charge in [-0.3, -0.25) is 4.98 Å². The molecule has 2 nitrogen and oxygen atoms in total. The molecule has 0 spiro atoms. The van der Waals surface area contributed by atoms with E-state index in [2.05, 4.69) is 37.1 Å². The summed E-state index contributed by atoms with van der Waals surface area (Å²) in [6, 6.07) is 2.69. The predicted molar refractivity (Wildman–Crippen MR) is 92.6 cm³/mol. The van der Waals surface area contributed by atoms with Crippen LogP contribution < -0.4 is 5.32 Å². The van der Waals surface area contributed by atoms with Crippen molar-refractivity contribution in [2.75, 3.05) is 6.54 Å². The van der Waals surface area contributed by atoms with Crippen molar-refractivity contribution in [2.24, 2.45) is 0 Å². The van der Waals surface area contributed by atoms with E-state index in [4.69, 9.17) is 0 Å². The van der Waals surface area contributed by atoms with E-state index in [0.29, 0.717) is 6.04 Å². The first-order valence-electron chi connectivity index (χ1n) is 8.93. The highest BCUT2D eigenvalue weighted by Gasteiger charge is 2.12. The number of hydrogen-bond donors (Lipinski definition) is 1. The van der Waals surface area contributed by atoms with E-state index in [9.17, 15) is 0 Å². The number of rotatable bonds is 12. The molecule has 1 atom stereocenters. The Labute approximate surface area is 131 Å². The van der Waals surface area contributed by atoms with Gasteiger partial charge in [-0.15, -0.1) is 0 Å². The van der Waals surface area contributed by atoms with E-state index in [-0.39, 0.29) is 0 Å². The van der Waals surface area contributed by atoms with Crippen molar-refractivity contribution < 1.29 is 0 Å². The molecule has 0 amide bonds. The summed E-state index contributed by atoms with van der Waals surface area (Å²) >= 11 is 0. The second-order valence-corrected chi connectivity index (χ2v) is 6.15. The smallest absolute Gasteiger partial charge is 0.0323 e. The lowest BCUT2D eigenvalue weighted by Crippen LogP contribution is -2.23. The number of nitrogens with one attached hydrogen (secondary N) is 1. The van der Waals surface area contributed by atoms with Crippen LogP contribution >= 0.6 is 0 Å². The van der Waals surface area contributed by atoms with Gasteiger partial charge in [-0.05, 0) is 43.5 Å². The first-order valence-corrected chi connectivity index (χ1v) is 8.93. The number of aryl methyl sites for hydroxylation is 1. The average molecular weight is 290 g/mol. The van der Waals surface area contributed by atoms with Gasteiger partial charge in [0.05, 0.1) is 0 Å². The summed E-state index contributed by atoms with van der Waals surface area (Å²) in [5.41, 5.74) is 2.75. The monoisotopic (exact) mass is 290 g/mol. The van der Waals surface area contributed by atoms with Crippen molar-refractivity contribution in [3.05, 3.63) is 29.6 Å². The maximum absolute atomic E-state index is 4.22. The summed E-state index contributed by atoms with van der Waals surface area (Å²) in [5.74, 6) is 0. The zero-order valence-electron chi connectivity index (χ0n) is 14.3. The first kappa shape index (κ1) is 18.2. The molecule has 120 valence electrons. The van der Waals surface area contributed by atoms with Crippen molar-refractivity contribution in [3.63, 3.8) is 0 Å². The van der Waals surface area contributed by atoms with Crippen LogP contribution in [0.3, 0.4) is 0 Å². The van der Waals surface area contributed by atoms with E-state index >= 15 is 0 Å². The SMILES string of the molecule is CCCCCCCCCC(NCCC)c1ccncc1C. The lowest BCUT2D eigenvalue weighted by atomic mass is 9.97. The van der Waals surface area contributed by atoms with Crippen LogP contribution in [-0.2, 0) is 0 Å². The fourth-order valence-electron chi connectivity index (χ4n) is 2.87. The molecule has 1 aromatic rings. The van der Waals surface area contributed by atoms with Gasteiger partial charge in [-0.25, -0.2) is 0 Å². The van der Waals surface area contributed by atoms with Crippen LogP contribution in [-0.4, -0.2) is 11.5 Å². The van der Waals surface area contributed by atoms with E-state index < -0.39 is 0 Å². The minimum Gasteiger partial charge on any atom is -0.310 e. The molecule has 0 aliphatic rings. The van der Waals surface area contributed by atoms with E-state index in [1.807, 2.05) is 12.4 Å². The molecular formula is C19H34N2. The summed E-state index contributed by atoms with van der Waals surface area (Å²) in [4.78, 5) is 4.22. The van der Waals surface area contributed by atoms with Gasteiger partial charge < -0.3 is 5.32 Å². The Kier molecular flexibility index (Phi) is 10.1. The topological polar surface area (TPSA) is 24.9 Å². The average Bonchev–Trinajstić information content (AvgIpc) is 2.50. The van der Waals surface area contributed by atoms with Gasteiger partial charge in [-0.1, -0.05) is 58.8 Å². The van der Waals surface area contributed by atoms with Crippen molar-refractivity contribution >= 4 is 0 Å². The highest BCUT2D eigenvalue weighted by molar-refractivity contribution is 5.25. The van der Waals surface area contributed by atoms with Gasteiger partial charge in [0, 0.05) is 18.4 Å². The molecule has 0 radical (unpaired) electrons. The molecule has 0 aliphatic heterocycles. The Bertz CT molecular complexity index is 362. The third-order valence-corrected chi connectivity index (χ3v) is 4.18. The molecule has 2 heteroatoms. The van der Waals surface area contributed by atoms with Crippen LogP contribution in [0.4, 0.5) is 0 Å². The molecule has 0 aromatic carbocycles. The maximum Gasteiger partial charge on any atom is 0.0323 e. The summed E-state index contributed by atoms with van der Waals surface area (Å²) < 4.78 is 0. The molecule has 1 rings (SSSR count). The summed E-state index contributed by atoms with van der Waals surface area (Å²) in [6.07, 6.45) is 16.0. The van der Waals surface area contributed by atoms with E-state index in [1.54, 1.807) is 0 Å². The van der Waals surface area contributed by atoms with Crippen molar-refractivity contribution in [2.45, 2.75) is 84.6 Å². The van der Waals surface area contributed by atoms with Crippen molar-refractivity contribution in [3.8, 4) is 0 Å². The zero-order chi connectivity index (χ0) is 15.3. The first-order chi connectivity index (χ1) is 10.3. The molecule has 21 heavy (non-hydrogen) atoms. The molecule has 0 fully saturated rings. The van der Waals surface area contributed by atoms with Gasteiger partial charge >= 0.3 is 0 Å². The van der Waals surface area contributed by atoms with E-state index in [1.165, 1.54) is 68.9 Å². The molecule has 1 unspecified atom stereocenters. The zero-order valence-corrected chi connectivity index (χ0v) is 14.3. The second-order valence-electron chi connectivity index (χ2n) is 6.15. The molecule has 0 saturated heterocycles. The molecule has 0 saturated carbocycles. The van der Waals surface area contributed by atoms with Crippen LogP contribution in [0, 0.1) is 6.92 Å². The Morgan fingerprint density at radius 1 is 1.00 bits per heavy atom. The maximum atomic E-state index is 4.22. The molecule has 1 N–H and O–H groups in total. The molecule has 0 aliphatic carbocycles. The Morgan fingerprint density at radius 2 is 1.71 bits per heavy atom. The quantitative estimate of drug-likeness (QED) is 0.509. The predicted octanol–water partition coefficient (Wildman–Crippen LogP) is 5.57. The minimum absolute atomic E-state index is 0.503. The number of pyridine rings is 1. The number of aromatic nitrogens is 1. The van der Waals surface area contributed by atoms with Gasteiger partial charge in [-0.2, -0.15) is 0 Å². The normalized spacial score (nSPS) is 12.5. The standard InChI is InChI=1S/C19H34N2/c1-4-6-7-8-9-10-11-12-19(21-14-5-2)18-13-15-20-16-17(18)3/h13,15-16,19,21H,4-12,14H2,1-3H3. The van der Waals surface area contributed by atoms with Gasteiger partial charge in [0.15, 0.2) is 0 Å². The fourth-order valence-corrected chi connectivity index (χ4v) is 2.87. The third kappa shape index (κ3) is 7.61. The Morgan fingerprint density at radius 3 is 2.38 bits per heavy atom. The highest BCUT2D eigenvalue weighted by Crippen LogP contribution is 2.23. The van der Waals surface area contributed by atoms with Crippen molar-refractivity contribution in [1.29, 1.82) is 0 Å². The van der Waals surface area contributed by atoms with Gasteiger partial charge in [0.1, 0.15) is 0 Å². The van der Waals surface area contributed by atoms with Crippen molar-refractivity contribution in [1.82, 2.24) is 10.3 Å². The highest BCUT2D eigenvalue weighted by atomic mass is 14.9. The van der Waals surface area contributed by atoms with Crippen LogP contribution in [0.5, 0.6) is 0 Å². The number of unbranched alkanes of at least 4 members (excludes halogenated alkanes) is 6. The Balaban J connectivity index is 2.35. The number of nitrogens with zero attached hydrogens (tertiary/aromatic N) is 1. The van der Waals surface area contributed by atoms with Crippen LogP contribution in [0.2, 0.25) is 0 Å². The lowest BCUT2D eigenvalue weighted by Gasteiger charge is -2.20. The van der Waals surface area contributed by atoms with Crippen LogP contribution in [0.15, 0.2) is 18.5 Å². The lowest BCUT2D eigenvalue weighted by molar-refractivity contribution is 0.464. The molecular weight excluding hydrogens is 256 g/mol. The molecule has 1 heterocycles. The molecule has 0 bridgehead atoms. The largest absolute Gasteiger partial charge is 0.310 e. The molecule has 1 aromatic heterocycles. The van der Waals surface area contributed by atoms with Crippen LogP contribution in [0.25, 0.3) is 0 Å². The van der Waals surface area contributed by atoms with Crippen LogP contribution in [0.1, 0.15) is 88.8 Å². The minimum atomic E-state index is 0.503. The van der Waals surface area contributed by atoms with Gasteiger partial charge in [0.25, 0.3) is 0 Å². The van der Waals surface area contributed by atoms with E-state index in [0.717, 1.165) is 6.54 Å². The Hall–Kier alpha value is -0.890. The van der Waals surface area contributed by atoms with Gasteiger partial charge in [0.2, 0.25) is 0 Å². The number of hydrogen-bond acceptors (Lipinski definition) is 2. The second kappa shape index (κ2) is 11.7. The fraction of sp³-hybridized carbons (Fsp3) is 0.737. The third-order valence-electron chi connectivity index (χ3n) is 4.18.